The average Bonchev–Trinajstić information content (AvgIpc) is 3.82. The van der Waals surface area contributed by atoms with E-state index in [1.165, 1.54) is 54.5 Å². The van der Waals surface area contributed by atoms with Crippen LogP contribution in [0.3, 0.4) is 0 Å². The molecule has 0 bridgehead atoms. The molecule has 0 radical (unpaired) electrons. The lowest BCUT2D eigenvalue weighted by Crippen LogP contribution is -2.33. The summed E-state index contributed by atoms with van der Waals surface area (Å²) in [5, 5.41) is 12.3. The van der Waals surface area contributed by atoms with Gasteiger partial charge in [-0.3, -0.25) is 0 Å². The molecule has 2 aromatic heterocycles. The normalized spacial score (nSPS) is 17.5. The van der Waals surface area contributed by atoms with Gasteiger partial charge in [0.25, 0.3) is 0 Å². The molecule has 3 aliphatic rings. The fourth-order valence-electron chi connectivity index (χ4n) is 9.18. The zero-order valence-corrected chi connectivity index (χ0v) is 30.4. The van der Waals surface area contributed by atoms with E-state index >= 15 is 0 Å². The zero-order valence-electron chi connectivity index (χ0n) is 30.4. The van der Waals surface area contributed by atoms with E-state index in [2.05, 4.69) is 162 Å². The molecule has 0 fully saturated rings. The fraction of sp³-hybridized carbons (Fsp3) is 0.0588. The molecular weight excluding hydrogens is 685 g/mol. The predicted octanol–water partition coefficient (Wildman–Crippen LogP) is 12.0. The molecule has 2 unspecified atom stereocenters. The number of hydrogen-bond acceptors (Lipinski definition) is 4. The number of fused-ring (bicyclic) bond motifs is 11. The Kier molecular flexibility index (Phi) is 6.75. The third kappa shape index (κ3) is 4.67. The highest BCUT2D eigenvalue weighted by atomic mass is 16.3. The van der Waals surface area contributed by atoms with Crippen molar-refractivity contribution in [1.29, 1.82) is 0 Å². The SMILES string of the molecule is C1=CC2=Cc3oc4c(C5=NC(c6ccccc6)=NC(c6ccccc6)N5)ccc(-n5c6ccc7ccccc7c6c6c7ccccc7ccc65)c4c3CC2C=C1. The molecule has 0 amide bonds. The van der Waals surface area contributed by atoms with Crippen LogP contribution in [0.25, 0.3) is 66.1 Å². The van der Waals surface area contributed by atoms with Gasteiger partial charge in [-0.05, 0) is 69.4 Å². The fourth-order valence-corrected chi connectivity index (χ4v) is 9.18. The Balaban J connectivity index is 1.16. The summed E-state index contributed by atoms with van der Waals surface area (Å²) in [4.78, 5) is 10.4. The quantitative estimate of drug-likeness (QED) is 0.197. The first-order valence-corrected chi connectivity index (χ1v) is 19.3. The summed E-state index contributed by atoms with van der Waals surface area (Å²) in [6.07, 6.45) is 11.6. The van der Waals surface area contributed by atoms with Crippen LogP contribution < -0.4 is 5.32 Å². The van der Waals surface area contributed by atoms with Gasteiger partial charge >= 0.3 is 0 Å². The molecule has 2 aliphatic carbocycles. The topological polar surface area (TPSA) is 54.8 Å². The number of furan rings is 1. The van der Waals surface area contributed by atoms with Gasteiger partial charge in [0.1, 0.15) is 23.3 Å². The van der Waals surface area contributed by atoms with Crippen molar-refractivity contribution >= 4 is 72.1 Å². The highest BCUT2D eigenvalue weighted by Gasteiger charge is 2.31. The predicted molar refractivity (Wildman–Crippen MR) is 231 cm³/mol. The summed E-state index contributed by atoms with van der Waals surface area (Å²) in [5.41, 5.74) is 9.69. The van der Waals surface area contributed by atoms with Crippen LogP contribution in [0.4, 0.5) is 0 Å². The van der Waals surface area contributed by atoms with Crippen molar-refractivity contribution in [1.82, 2.24) is 9.88 Å². The van der Waals surface area contributed by atoms with Crippen molar-refractivity contribution in [2.24, 2.45) is 15.9 Å². The van der Waals surface area contributed by atoms with Crippen molar-refractivity contribution in [2.45, 2.75) is 12.6 Å². The molecule has 1 aliphatic heterocycles. The number of aliphatic imine (C=N–C) groups is 2. The summed E-state index contributed by atoms with van der Waals surface area (Å²) in [6.45, 7) is 0. The molecule has 0 spiro atoms. The Bertz CT molecular complexity index is 3160. The van der Waals surface area contributed by atoms with Gasteiger partial charge in [-0.1, -0.05) is 146 Å². The van der Waals surface area contributed by atoms with Gasteiger partial charge in [0.05, 0.1) is 22.3 Å². The van der Waals surface area contributed by atoms with Crippen LogP contribution in [-0.4, -0.2) is 16.2 Å². The summed E-state index contributed by atoms with van der Waals surface area (Å²) >= 11 is 0. The van der Waals surface area contributed by atoms with Crippen LogP contribution >= 0.6 is 0 Å². The zero-order chi connectivity index (χ0) is 36.7. The average molecular weight is 719 g/mol. The molecule has 9 aromatic rings. The first kappa shape index (κ1) is 31.1. The third-order valence-corrected chi connectivity index (χ3v) is 11.8. The number of rotatable bonds is 4. The minimum atomic E-state index is -0.322. The molecule has 0 saturated carbocycles. The van der Waals surface area contributed by atoms with E-state index in [4.69, 9.17) is 14.4 Å². The van der Waals surface area contributed by atoms with Crippen LogP contribution in [0.5, 0.6) is 0 Å². The van der Waals surface area contributed by atoms with Crippen molar-refractivity contribution in [3.8, 4) is 5.69 Å². The first-order valence-electron chi connectivity index (χ1n) is 19.3. The Morgan fingerprint density at radius 3 is 2.05 bits per heavy atom. The lowest BCUT2D eigenvalue weighted by molar-refractivity contribution is 0.585. The van der Waals surface area contributed by atoms with Crippen molar-refractivity contribution in [3.05, 3.63) is 203 Å². The second kappa shape index (κ2) is 12.1. The van der Waals surface area contributed by atoms with E-state index in [1.54, 1.807) is 0 Å². The summed E-state index contributed by atoms with van der Waals surface area (Å²) in [6, 6.07) is 51.7. The highest BCUT2D eigenvalue weighted by Crippen LogP contribution is 2.46. The maximum absolute atomic E-state index is 7.10. The molecule has 5 nitrogen and oxygen atoms in total. The minimum Gasteiger partial charge on any atom is -0.456 e. The van der Waals surface area contributed by atoms with Gasteiger partial charge in [0, 0.05) is 33.2 Å². The van der Waals surface area contributed by atoms with Crippen molar-refractivity contribution in [2.75, 3.05) is 0 Å². The van der Waals surface area contributed by atoms with Crippen LogP contribution in [-0.2, 0) is 6.42 Å². The maximum Gasteiger partial charge on any atom is 0.159 e. The van der Waals surface area contributed by atoms with Gasteiger partial charge in [-0.2, -0.15) is 0 Å². The van der Waals surface area contributed by atoms with E-state index in [0.717, 1.165) is 51.4 Å². The molecule has 5 heteroatoms. The van der Waals surface area contributed by atoms with E-state index in [1.807, 2.05) is 24.3 Å². The lowest BCUT2D eigenvalue weighted by atomic mass is 9.83. The minimum absolute atomic E-state index is 0.278. The molecule has 2 atom stereocenters. The first-order chi connectivity index (χ1) is 27.8. The van der Waals surface area contributed by atoms with Crippen LogP contribution in [0.15, 0.2) is 190 Å². The largest absolute Gasteiger partial charge is 0.456 e. The maximum atomic E-state index is 7.10. The standard InChI is InChI=1S/C51H34N4O/c1-3-15-33(16-4-1)49-52-50(34-17-5-2-6-18-34)54-51(53-49)39-25-28-43(47-40-29-35-19-7-8-20-36(35)30-44(40)56-48(39)47)55-41-26-23-31-13-9-11-21-37(31)45(41)46-38-22-12-10-14-32(38)24-27-42(46)55/h1-28,30,35,49H,29H2,(H,52,53,54). The van der Waals surface area contributed by atoms with Gasteiger partial charge in [0.15, 0.2) is 5.84 Å². The summed E-state index contributed by atoms with van der Waals surface area (Å²) in [7, 11) is 0. The highest BCUT2D eigenvalue weighted by molar-refractivity contribution is 6.29. The van der Waals surface area contributed by atoms with E-state index < -0.39 is 0 Å². The Labute approximate surface area is 322 Å². The molecule has 12 rings (SSSR count). The second-order valence-electron chi connectivity index (χ2n) is 14.9. The van der Waals surface area contributed by atoms with Gasteiger partial charge in [-0.15, -0.1) is 0 Å². The second-order valence-corrected chi connectivity index (χ2v) is 14.9. The van der Waals surface area contributed by atoms with Gasteiger partial charge in [-0.25, -0.2) is 9.98 Å². The third-order valence-electron chi connectivity index (χ3n) is 11.8. The van der Waals surface area contributed by atoms with Crippen molar-refractivity contribution < 1.29 is 4.42 Å². The Hall–Kier alpha value is -7.24. The number of nitrogens with zero attached hydrogens (tertiary/aromatic N) is 3. The van der Waals surface area contributed by atoms with Crippen LogP contribution in [0, 0.1) is 5.92 Å². The molecule has 3 heterocycles. The number of amidine groups is 2. The van der Waals surface area contributed by atoms with Gasteiger partial charge in [0.2, 0.25) is 0 Å². The number of allylic oxidation sites excluding steroid dienone is 5. The Morgan fingerprint density at radius 2 is 1.32 bits per heavy atom. The lowest BCUT2D eigenvalue weighted by Gasteiger charge is -2.24. The van der Waals surface area contributed by atoms with Crippen LogP contribution in [0.2, 0.25) is 0 Å². The van der Waals surface area contributed by atoms with Crippen LogP contribution in [0.1, 0.15) is 34.2 Å². The van der Waals surface area contributed by atoms with E-state index in [0.29, 0.717) is 5.84 Å². The molecule has 0 saturated heterocycles. The van der Waals surface area contributed by atoms with Gasteiger partial charge < -0.3 is 14.3 Å². The summed E-state index contributed by atoms with van der Waals surface area (Å²) in [5.74, 6) is 2.61. The van der Waals surface area contributed by atoms with Crippen molar-refractivity contribution in [3.63, 3.8) is 0 Å². The van der Waals surface area contributed by atoms with E-state index in [9.17, 15) is 0 Å². The number of aromatic nitrogens is 1. The number of benzene rings is 7. The summed E-state index contributed by atoms with van der Waals surface area (Å²) < 4.78 is 9.57. The smallest absolute Gasteiger partial charge is 0.159 e. The number of hydrogen-bond donors (Lipinski definition) is 1. The molecule has 7 aromatic carbocycles. The number of nitrogens with one attached hydrogen (secondary N) is 1. The molecule has 1 N–H and O–H groups in total. The monoisotopic (exact) mass is 718 g/mol. The van der Waals surface area contributed by atoms with E-state index in [-0.39, 0.29) is 12.1 Å². The molecule has 264 valence electrons. The Morgan fingerprint density at radius 1 is 0.643 bits per heavy atom. The molecule has 56 heavy (non-hydrogen) atoms. The molecular formula is C51H34N4O.